The van der Waals surface area contributed by atoms with Crippen LogP contribution in [0.5, 0.6) is 0 Å². The predicted molar refractivity (Wildman–Crippen MR) is 79.9 cm³/mol. The molecule has 1 amide bonds. The van der Waals surface area contributed by atoms with Gasteiger partial charge in [0.15, 0.2) is 0 Å². The number of carbonyl (C=O) groups is 2. The van der Waals surface area contributed by atoms with Gasteiger partial charge in [0.1, 0.15) is 5.01 Å². The van der Waals surface area contributed by atoms with Crippen LogP contribution in [0.4, 0.5) is 5.69 Å². The number of hydrogen-bond donors (Lipinski definition) is 2. The molecule has 0 aliphatic rings. The molecule has 2 N–H and O–H groups in total. The molecule has 5 nitrogen and oxygen atoms in total. The van der Waals surface area contributed by atoms with Crippen LogP contribution in [0.15, 0.2) is 34.1 Å². The Kier molecular flexibility index (Phi) is 4.86. The Morgan fingerprint density at radius 2 is 1.95 bits per heavy atom. The van der Waals surface area contributed by atoms with Gasteiger partial charge in [-0.2, -0.15) is 0 Å². The number of benzene rings is 1. The zero-order chi connectivity index (χ0) is 14.5. The van der Waals surface area contributed by atoms with Crippen molar-refractivity contribution in [1.82, 2.24) is 4.98 Å². The summed E-state index contributed by atoms with van der Waals surface area (Å²) in [5.41, 5.74) is 1.19. The number of halogens is 1. The predicted octanol–water partition coefficient (Wildman–Crippen LogP) is 2.71. The fourth-order valence-electron chi connectivity index (χ4n) is 1.54. The lowest BCUT2D eigenvalue weighted by Crippen LogP contribution is -2.14. The molecule has 0 fully saturated rings. The van der Waals surface area contributed by atoms with Crippen LogP contribution in [0.2, 0.25) is 0 Å². The second kappa shape index (κ2) is 6.62. The van der Waals surface area contributed by atoms with Gasteiger partial charge in [-0.3, -0.25) is 9.59 Å². The third-order valence-corrected chi connectivity index (χ3v) is 3.80. The third-order valence-electron chi connectivity index (χ3n) is 2.37. The molecule has 20 heavy (non-hydrogen) atoms. The van der Waals surface area contributed by atoms with Crippen LogP contribution in [-0.4, -0.2) is 22.0 Å². The minimum absolute atomic E-state index is 0.120. The second-order valence-corrected chi connectivity index (χ2v) is 5.89. The van der Waals surface area contributed by atoms with Crippen molar-refractivity contribution in [3.63, 3.8) is 0 Å². The molecule has 0 atom stereocenters. The van der Waals surface area contributed by atoms with Crippen molar-refractivity contribution in [3.8, 4) is 0 Å². The van der Waals surface area contributed by atoms with E-state index < -0.39 is 5.97 Å². The Labute approximate surface area is 127 Å². The molecule has 0 aliphatic heterocycles. The molecule has 0 bridgehead atoms. The number of nitrogens with one attached hydrogen (secondary N) is 1. The Morgan fingerprint density at radius 1 is 1.25 bits per heavy atom. The zero-order valence-corrected chi connectivity index (χ0v) is 12.7. The fourth-order valence-corrected chi connectivity index (χ4v) is 2.60. The van der Waals surface area contributed by atoms with E-state index in [4.69, 9.17) is 5.11 Å². The quantitative estimate of drug-likeness (QED) is 0.864. The Morgan fingerprint density at radius 3 is 2.60 bits per heavy atom. The van der Waals surface area contributed by atoms with Gasteiger partial charge in [-0.25, -0.2) is 4.98 Å². The third kappa shape index (κ3) is 4.43. The first-order chi connectivity index (χ1) is 9.52. The van der Waals surface area contributed by atoms with Gasteiger partial charge in [-0.05, 0) is 24.3 Å². The number of nitrogens with zero attached hydrogens (tertiary/aromatic N) is 1. The van der Waals surface area contributed by atoms with Gasteiger partial charge >= 0.3 is 5.97 Å². The number of rotatable bonds is 5. The maximum atomic E-state index is 11.8. The van der Waals surface area contributed by atoms with E-state index in [1.165, 1.54) is 11.3 Å². The summed E-state index contributed by atoms with van der Waals surface area (Å²) in [4.78, 5) is 26.5. The number of anilines is 1. The molecule has 1 heterocycles. The highest BCUT2D eigenvalue weighted by molar-refractivity contribution is 9.10. The average Bonchev–Trinajstić information content (AvgIpc) is 2.78. The van der Waals surface area contributed by atoms with E-state index in [-0.39, 0.29) is 18.7 Å². The van der Waals surface area contributed by atoms with Gasteiger partial charge in [0, 0.05) is 15.5 Å². The van der Waals surface area contributed by atoms with Gasteiger partial charge < -0.3 is 10.4 Å². The molecule has 2 aromatic rings. The minimum atomic E-state index is -0.929. The normalized spacial score (nSPS) is 10.2. The van der Waals surface area contributed by atoms with E-state index in [9.17, 15) is 9.59 Å². The molecule has 1 aromatic carbocycles. The smallest absolute Gasteiger partial charge is 0.309 e. The second-order valence-electron chi connectivity index (χ2n) is 4.03. The van der Waals surface area contributed by atoms with Gasteiger partial charge in [-0.15, -0.1) is 11.3 Å². The van der Waals surface area contributed by atoms with Crippen LogP contribution in [0.1, 0.15) is 10.7 Å². The Hall–Kier alpha value is -1.73. The summed E-state index contributed by atoms with van der Waals surface area (Å²) in [7, 11) is 0. The summed E-state index contributed by atoms with van der Waals surface area (Å²) in [6.07, 6.45) is 0.0190. The van der Waals surface area contributed by atoms with Crippen molar-refractivity contribution in [1.29, 1.82) is 0 Å². The molecular weight excluding hydrogens is 344 g/mol. The van der Waals surface area contributed by atoms with E-state index in [0.717, 1.165) is 4.47 Å². The van der Waals surface area contributed by atoms with Crippen molar-refractivity contribution >= 4 is 44.8 Å². The standard InChI is InChI=1S/C13H11BrN2O3S/c14-8-1-3-9(4-2-8)15-11(17)6-12-16-10(7-20-12)5-13(18)19/h1-4,7H,5-6H2,(H,15,17)(H,18,19). The highest BCUT2D eigenvalue weighted by Crippen LogP contribution is 2.15. The van der Waals surface area contributed by atoms with Crippen LogP contribution in [0.25, 0.3) is 0 Å². The summed E-state index contributed by atoms with van der Waals surface area (Å²) in [5.74, 6) is -1.11. The van der Waals surface area contributed by atoms with Gasteiger partial charge in [0.2, 0.25) is 5.91 Å². The number of hydrogen-bond acceptors (Lipinski definition) is 4. The molecule has 7 heteroatoms. The van der Waals surface area contributed by atoms with Crippen molar-refractivity contribution in [2.45, 2.75) is 12.8 Å². The van der Waals surface area contributed by atoms with Crippen LogP contribution in [-0.2, 0) is 22.4 Å². The van der Waals surface area contributed by atoms with Gasteiger partial charge in [0.05, 0.1) is 18.5 Å². The van der Waals surface area contributed by atoms with Crippen molar-refractivity contribution < 1.29 is 14.7 Å². The van der Waals surface area contributed by atoms with Crippen molar-refractivity contribution in [3.05, 3.63) is 44.8 Å². The molecule has 104 valence electrons. The number of aliphatic carboxylic acids is 1. The van der Waals surface area contributed by atoms with Crippen molar-refractivity contribution in [2.24, 2.45) is 0 Å². The van der Waals surface area contributed by atoms with Crippen LogP contribution >= 0.6 is 27.3 Å². The number of thiazole rings is 1. The summed E-state index contributed by atoms with van der Waals surface area (Å²) in [6.45, 7) is 0. The lowest BCUT2D eigenvalue weighted by molar-refractivity contribution is -0.136. The van der Waals surface area contributed by atoms with Crippen LogP contribution in [0, 0.1) is 0 Å². The fraction of sp³-hybridized carbons (Fsp3) is 0.154. The maximum absolute atomic E-state index is 11.8. The molecule has 2 rings (SSSR count). The number of carboxylic acid groups (broad SMARTS) is 1. The van der Waals surface area contributed by atoms with Gasteiger partial charge in [0.25, 0.3) is 0 Å². The minimum Gasteiger partial charge on any atom is -0.481 e. The highest BCUT2D eigenvalue weighted by Gasteiger charge is 2.10. The van der Waals surface area contributed by atoms with Gasteiger partial charge in [-0.1, -0.05) is 15.9 Å². The lowest BCUT2D eigenvalue weighted by Gasteiger charge is -2.03. The first-order valence-electron chi connectivity index (χ1n) is 5.73. The van der Waals surface area contributed by atoms with Crippen LogP contribution < -0.4 is 5.32 Å². The van der Waals surface area contributed by atoms with E-state index in [2.05, 4.69) is 26.2 Å². The van der Waals surface area contributed by atoms with Crippen LogP contribution in [0.3, 0.4) is 0 Å². The molecular formula is C13H11BrN2O3S. The molecule has 0 aliphatic carbocycles. The lowest BCUT2D eigenvalue weighted by atomic mass is 10.3. The number of carbonyl (C=O) groups excluding carboxylic acids is 1. The average molecular weight is 355 g/mol. The number of amides is 1. The molecule has 1 aromatic heterocycles. The zero-order valence-electron chi connectivity index (χ0n) is 10.3. The maximum Gasteiger partial charge on any atom is 0.309 e. The number of carboxylic acids is 1. The highest BCUT2D eigenvalue weighted by atomic mass is 79.9. The molecule has 0 unspecified atom stereocenters. The summed E-state index contributed by atoms with van der Waals surface area (Å²) >= 11 is 4.61. The first-order valence-corrected chi connectivity index (χ1v) is 7.40. The van der Waals surface area contributed by atoms with E-state index in [1.54, 1.807) is 17.5 Å². The monoisotopic (exact) mass is 354 g/mol. The summed E-state index contributed by atoms with van der Waals surface area (Å²) in [5, 5.41) is 13.7. The Bertz CT molecular complexity index is 625. The molecule has 0 saturated carbocycles. The topological polar surface area (TPSA) is 79.3 Å². The molecule has 0 saturated heterocycles. The largest absolute Gasteiger partial charge is 0.481 e. The first kappa shape index (κ1) is 14.7. The van der Waals surface area contributed by atoms with E-state index in [1.807, 2.05) is 12.1 Å². The molecule has 0 radical (unpaired) electrons. The SMILES string of the molecule is O=C(O)Cc1csc(CC(=O)Nc2ccc(Br)cc2)n1. The van der Waals surface area contributed by atoms with E-state index in [0.29, 0.717) is 16.4 Å². The summed E-state index contributed by atoms with van der Waals surface area (Å²) < 4.78 is 0.939. The molecule has 0 spiro atoms. The van der Waals surface area contributed by atoms with E-state index >= 15 is 0 Å². The Balaban J connectivity index is 1.92. The summed E-state index contributed by atoms with van der Waals surface area (Å²) in [6, 6.07) is 7.26. The number of aromatic nitrogens is 1. The van der Waals surface area contributed by atoms with Crippen molar-refractivity contribution in [2.75, 3.05) is 5.32 Å².